The Balaban J connectivity index is 2.05. The number of halogens is 2. The highest BCUT2D eigenvalue weighted by molar-refractivity contribution is 9.08. The van der Waals surface area contributed by atoms with Gasteiger partial charge in [0.1, 0.15) is 23.9 Å². The maximum atomic E-state index is 13.7. The van der Waals surface area contributed by atoms with Crippen LogP contribution in [0.3, 0.4) is 0 Å². The van der Waals surface area contributed by atoms with Gasteiger partial charge in [-0.25, -0.2) is 4.39 Å². The van der Waals surface area contributed by atoms with E-state index in [1.54, 1.807) is 12.1 Å². The highest BCUT2D eigenvalue weighted by Gasteiger charge is 2.05. The molecule has 2 aromatic rings. The Bertz CT molecular complexity index is 558. The Kier molecular flexibility index (Phi) is 4.80. The van der Waals surface area contributed by atoms with Crippen LogP contribution in [-0.2, 0) is 11.9 Å². The topological polar surface area (TPSA) is 18.5 Å². The van der Waals surface area contributed by atoms with Gasteiger partial charge in [0, 0.05) is 17.0 Å². The van der Waals surface area contributed by atoms with Crippen molar-refractivity contribution in [1.29, 1.82) is 0 Å². The molecule has 19 heavy (non-hydrogen) atoms. The van der Waals surface area contributed by atoms with Crippen molar-refractivity contribution in [3.8, 4) is 11.5 Å². The SMILES string of the molecule is COc1ccc(COc2cccc(CBr)c2)c(F)c1. The molecular formula is C15H14BrFO2. The van der Waals surface area contributed by atoms with Gasteiger partial charge in [-0.1, -0.05) is 28.1 Å². The summed E-state index contributed by atoms with van der Waals surface area (Å²) in [5.41, 5.74) is 1.62. The van der Waals surface area contributed by atoms with Crippen LogP contribution in [0.2, 0.25) is 0 Å². The molecule has 0 aromatic heterocycles. The lowest BCUT2D eigenvalue weighted by atomic mass is 10.2. The van der Waals surface area contributed by atoms with E-state index in [9.17, 15) is 4.39 Å². The molecule has 2 rings (SSSR count). The number of methoxy groups -OCH3 is 1. The Hall–Kier alpha value is -1.55. The molecule has 0 fully saturated rings. The van der Waals surface area contributed by atoms with E-state index in [0.717, 1.165) is 16.6 Å². The van der Waals surface area contributed by atoms with Crippen LogP contribution in [0.25, 0.3) is 0 Å². The molecule has 0 radical (unpaired) electrons. The minimum atomic E-state index is -0.323. The monoisotopic (exact) mass is 324 g/mol. The summed E-state index contributed by atoms with van der Waals surface area (Å²) in [6.45, 7) is 0.196. The number of alkyl halides is 1. The van der Waals surface area contributed by atoms with Crippen molar-refractivity contribution in [3.63, 3.8) is 0 Å². The molecule has 0 spiro atoms. The van der Waals surface area contributed by atoms with Gasteiger partial charge in [-0.15, -0.1) is 0 Å². The molecule has 2 aromatic carbocycles. The lowest BCUT2D eigenvalue weighted by Gasteiger charge is -2.09. The molecule has 0 amide bonds. The number of hydrogen-bond donors (Lipinski definition) is 0. The average molecular weight is 325 g/mol. The summed E-state index contributed by atoms with van der Waals surface area (Å²) in [4.78, 5) is 0. The quantitative estimate of drug-likeness (QED) is 0.763. The molecule has 2 nitrogen and oxygen atoms in total. The predicted octanol–water partition coefficient (Wildman–Crippen LogP) is 4.31. The molecule has 0 saturated heterocycles. The molecule has 0 N–H and O–H groups in total. The highest BCUT2D eigenvalue weighted by Crippen LogP contribution is 2.20. The summed E-state index contributed by atoms with van der Waals surface area (Å²) in [5.74, 6) is 0.908. The standard InChI is InChI=1S/C15H14BrFO2/c1-18-13-6-5-12(15(17)8-13)10-19-14-4-2-3-11(7-14)9-16/h2-8H,9-10H2,1H3. The van der Waals surface area contributed by atoms with Crippen molar-refractivity contribution in [1.82, 2.24) is 0 Å². The van der Waals surface area contributed by atoms with Gasteiger partial charge in [0.05, 0.1) is 7.11 Å². The average Bonchev–Trinajstić information content (AvgIpc) is 2.46. The van der Waals surface area contributed by atoms with Crippen molar-refractivity contribution >= 4 is 15.9 Å². The third-order valence-corrected chi connectivity index (χ3v) is 3.35. The second-order valence-corrected chi connectivity index (χ2v) is 4.59. The normalized spacial score (nSPS) is 10.3. The zero-order valence-electron chi connectivity index (χ0n) is 10.5. The largest absolute Gasteiger partial charge is 0.497 e. The maximum absolute atomic E-state index is 13.7. The smallest absolute Gasteiger partial charge is 0.133 e. The Morgan fingerprint density at radius 2 is 1.95 bits per heavy atom. The number of ether oxygens (including phenoxy) is 2. The van der Waals surface area contributed by atoms with E-state index in [-0.39, 0.29) is 12.4 Å². The van der Waals surface area contributed by atoms with Crippen molar-refractivity contribution in [2.24, 2.45) is 0 Å². The maximum Gasteiger partial charge on any atom is 0.133 e. The van der Waals surface area contributed by atoms with Gasteiger partial charge in [-0.05, 0) is 29.8 Å². The Labute approximate surface area is 120 Å². The molecule has 4 heteroatoms. The molecule has 0 aliphatic rings. The summed E-state index contributed by atoms with van der Waals surface area (Å²) >= 11 is 3.39. The first-order valence-corrected chi connectivity index (χ1v) is 6.95. The third-order valence-electron chi connectivity index (χ3n) is 2.71. The summed E-state index contributed by atoms with van der Waals surface area (Å²) in [6, 6.07) is 12.4. The van der Waals surface area contributed by atoms with Gasteiger partial charge < -0.3 is 9.47 Å². The second-order valence-electron chi connectivity index (χ2n) is 4.03. The van der Waals surface area contributed by atoms with Crippen LogP contribution in [0.5, 0.6) is 11.5 Å². The minimum absolute atomic E-state index is 0.196. The third kappa shape index (κ3) is 3.70. The van der Waals surface area contributed by atoms with E-state index < -0.39 is 0 Å². The Morgan fingerprint density at radius 1 is 1.11 bits per heavy atom. The number of hydrogen-bond acceptors (Lipinski definition) is 2. The fourth-order valence-corrected chi connectivity index (χ4v) is 2.00. The molecule has 100 valence electrons. The fourth-order valence-electron chi connectivity index (χ4n) is 1.65. The molecule has 0 aliphatic carbocycles. The molecule has 0 saturated carbocycles. The number of benzene rings is 2. The van der Waals surface area contributed by atoms with Crippen molar-refractivity contribution in [3.05, 3.63) is 59.4 Å². The number of rotatable bonds is 5. The van der Waals surface area contributed by atoms with Gasteiger partial charge in [0.15, 0.2) is 0 Å². The van der Waals surface area contributed by atoms with Crippen LogP contribution in [0.15, 0.2) is 42.5 Å². The van der Waals surface area contributed by atoms with E-state index in [1.165, 1.54) is 13.2 Å². The van der Waals surface area contributed by atoms with E-state index >= 15 is 0 Å². The lowest BCUT2D eigenvalue weighted by molar-refractivity contribution is 0.299. The van der Waals surface area contributed by atoms with Gasteiger partial charge in [-0.3, -0.25) is 0 Å². The van der Waals surface area contributed by atoms with Crippen molar-refractivity contribution < 1.29 is 13.9 Å². The van der Waals surface area contributed by atoms with Crippen molar-refractivity contribution in [2.45, 2.75) is 11.9 Å². The molecule has 0 atom stereocenters. The van der Waals surface area contributed by atoms with Crippen LogP contribution in [0.4, 0.5) is 4.39 Å². The highest BCUT2D eigenvalue weighted by atomic mass is 79.9. The zero-order valence-corrected chi connectivity index (χ0v) is 12.1. The second kappa shape index (κ2) is 6.57. The first kappa shape index (κ1) is 13.9. The van der Waals surface area contributed by atoms with E-state index in [2.05, 4.69) is 15.9 Å². The summed E-state index contributed by atoms with van der Waals surface area (Å²) in [6.07, 6.45) is 0. The molecule has 0 unspecified atom stereocenters. The van der Waals surface area contributed by atoms with E-state index in [4.69, 9.17) is 9.47 Å². The Morgan fingerprint density at radius 3 is 2.63 bits per heavy atom. The van der Waals surface area contributed by atoms with E-state index in [0.29, 0.717) is 11.3 Å². The van der Waals surface area contributed by atoms with Crippen molar-refractivity contribution in [2.75, 3.05) is 7.11 Å². The summed E-state index contributed by atoms with van der Waals surface area (Å²) < 4.78 is 24.3. The van der Waals surface area contributed by atoms with Gasteiger partial charge in [0.25, 0.3) is 0 Å². The molecule has 0 heterocycles. The summed E-state index contributed by atoms with van der Waals surface area (Å²) in [5, 5.41) is 0.765. The minimum Gasteiger partial charge on any atom is -0.497 e. The van der Waals surface area contributed by atoms with E-state index in [1.807, 2.05) is 24.3 Å². The molecule has 0 aliphatic heterocycles. The van der Waals surface area contributed by atoms with Crippen LogP contribution in [0.1, 0.15) is 11.1 Å². The van der Waals surface area contributed by atoms with Gasteiger partial charge >= 0.3 is 0 Å². The fraction of sp³-hybridized carbons (Fsp3) is 0.200. The van der Waals surface area contributed by atoms with Crippen LogP contribution in [-0.4, -0.2) is 7.11 Å². The lowest BCUT2D eigenvalue weighted by Crippen LogP contribution is -1.99. The van der Waals surface area contributed by atoms with Crippen LogP contribution in [0, 0.1) is 5.82 Å². The van der Waals surface area contributed by atoms with Gasteiger partial charge in [0.2, 0.25) is 0 Å². The first-order valence-electron chi connectivity index (χ1n) is 5.83. The van der Waals surface area contributed by atoms with Gasteiger partial charge in [-0.2, -0.15) is 0 Å². The van der Waals surface area contributed by atoms with Crippen LogP contribution < -0.4 is 9.47 Å². The first-order chi connectivity index (χ1) is 9.22. The molecule has 0 bridgehead atoms. The zero-order chi connectivity index (χ0) is 13.7. The summed E-state index contributed by atoms with van der Waals surface area (Å²) in [7, 11) is 1.51. The molecular weight excluding hydrogens is 311 g/mol. The van der Waals surface area contributed by atoms with Crippen LogP contribution >= 0.6 is 15.9 Å². The predicted molar refractivity (Wildman–Crippen MR) is 76.4 cm³/mol.